The lowest BCUT2D eigenvalue weighted by atomic mass is 9.62. The van der Waals surface area contributed by atoms with Crippen LogP contribution in [0.3, 0.4) is 0 Å². The predicted molar refractivity (Wildman–Crippen MR) is 99.7 cm³/mol. The number of hydrogen-bond donors (Lipinski definition) is 1. The minimum Gasteiger partial charge on any atom is -0.365 e. The number of ketones is 1. The maximum Gasteiger partial charge on any atom is 0.156 e. The van der Waals surface area contributed by atoms with Crippen LogP contribution in [0, 0.1) is 0 Å². The number of carbonyl (C=O) groups is 1. The highest BCUT2D eigenvalue weighted by Crippen LogP contribution is 2.45. The molecule has 1 aromatic carbocycles. The van der Waals surface area contributed by atoms with Gasteiger partial charge in [0, 0.05) is 18.1 Å². The molecule has 0 unspecified atom stereocenters. The van der Waals surface area contributed by atoms with Gasteiger partial charge in [0.25, 0.3) is 0 Å². The first-order valence-electron chi connectivity index (χ1n) is 7.41. The lowest BCUT2D eigenvalue weighted by molar-refractivity contribution is -0.124. The quantitative estimate of drug-likeness (QED) is 0.826. The van der Waals surface area contributed by atoms with Gasteiger partial charge in [0.05, 0.1) is 11.2 Å². The van der Waals surface area contributed by atoms with E-state index >= 15 is 0 Å². The van der Waals surface area contributed by atoms with Crippen molar-refractivity contribution < 1.29 is 4.79 Å². The smallest absolute Gasteiger partial charge is 0.156 e. The van der Waals surface area contributed by atoms with E-state index in [1.165, 1.54) is 0 Å². The third-order valence-corrected chi connectivity index (χ3v) is 5.55. The molecule has 3 nitrogen and oxygen atoms in total. The highest BCUT2D eigenvalue weighted by Gasteiger charge is 2.44. The number of thioether (sulfide) groups is 1. The van der Waals surface area contributed by atoms with Gasteiger partial charge in [-0.2, -0.15) is 0 Å². The van der Waals surface area contributed by atoms with Gasteiger partial charge in [0.15, 0.2) is 11.0 Å². The van der Waals surface area contributed by atoms with Crippen LogP contribution >= 0.6 is 40.3 Å². The van der Waals surface area contributed by atoms with E-state index in [0.29, 0.717) is 11.5 Å². The molecule has 22 heavy (non-hydrogen) atoms. The Morgan fingerprint density at radius 3 is 2.55 bits per heavy atom. The second kappa shape index (κ2) is 7.84. The topological polar surface area (TPSA) is 41.5 Å². The summed E-state index contributed by atoms with van der Waals surface area (Å²) in [7, 11) is 0. The fourth-order valence-electron chi connectivity index (χ4n) is 2.91. The molecular weight excluding hydrogens is 384 g/mol. The van der Waals surface area contributed by atoms with Gasteiger partial charge in [-0.15, -0.1) is 17.0 Å². The number of amidine groups is 1. The van der Waals surface area contributed by atoms with E-state index in [2.05, 4.69) is 10.3 Å². The van der Waals surface area contributed by atoms with E-state index in [9.17, 15) is 4.79 Å². The standard InChI is InChI=1S/C16H19ClN2OS.BrH/c17-13-5-3-12(4-6-13)16(7-1-8-16)14(20)11-21-15-18-9-2-10-19-15;/h3-6H,1-2,7-11H2,(H,18,19);1H. The third kappa shape index (κ3) is 3.69. The van der Waals surface area contributed by atoms with Crippen molar-refractivity contribution in [1.82, 2.24) is 5.32 Å². The highest BCUT2D eigenvalue weighted by atomic mass is 79.9. The van der Waals surface area contributed by atoms with Crippen molar-refractivity contribution in [1.29, 1.82) is 0 Å². The molecule has 1 aromatic rings. The molecule has 1 saturated carbocycles. The molecule has 0 radical (unpaired) electrons. The summed E-state index contributed by atoms with van der Waals surface area (Å²) in [6.45, 7) is 1.83. The number of aliphatic imine (C=N–C) groups is 1. The largest absolute Gasteiger partial charge is 0.365 e. The Balaban J connectivity index is 0.00000176. The molecule has 0 amide bonds. The molecule has 0 spiro atoms. The molecule has 1 aliphatic carbocycles. The van der Waals surface area contributed by atoms with Crippen LogP contribution in [0.15, 0.2) is 29.3 Å². The average Bonchev–Trinajstić information content (AvgIpc) is 2.47. The molecule has 0 bridgehead atoms. The molecule has 1 fully saturated rings. The van der Waals surface area contributed by atoms with Crippen molar-refractivity contribution in [2.24, 2.45) is 4.99 Å². The van der Waals surface area contributed by atoms with Crippen LogP contribution in [0.25, 0.3) is 0 Å². The third-order valence-electron chi connectivity index (χ3n) is 4.34. The van der Waals surface area contributed by atoms with Gasteiger partial charge in [0.2, 0.25) is 0 Å². The van der Waals surface area contributed by atoms with Gasteiger partial charge in [-0.1, -0.05) is 41.9 Å². The molecule has 0 saturated heterocycles. The minimum atomic E-state index is -0.285. The number of halogens is 2. The Bertz CT molecular complexity index is 558. The predicted octanol–water partition coefficient (Wildman–Crippen LogP) is 3.99. The lowest BCUT2D eigenvalue weighted by Gasteiger charge is -2.41. The number of Topliss-reactive ketones (excluding diaryl/α,β-unsaturated/α-hetero) is 1. The molecule has 2 aliphatic rings. The minimum absolute atomic E-state index is 0. The molecular formula is C16H20BrClN2OS. The Labute approximate surface area is 151 Å². The summed E-state index contributed by atoms with van der Waals surface area (Å²) in [6, 6.07) is 7.76. The van der Waals surface area contributed by atoms with Crippen molar-refractivity contribution in [2.75, 3.05) is 18.8 Å². The van der Waals surface area contributed by atoms with E-state index in [1.807, 2.05) is 24.3 Å². The molecule has 6 heteroatoms. The maximum absolute atomic E-state index is 12.7. The molecule has 1 aliphatic heterocycles. The zero-order chi connectivity index (χ0) is 14.7. The number of nitrogens with one attached hydrogen (secondary N) is 1. The second-order valence-electron chi connectivity index (χ2n) is 5.62. The van der Waals surface area contributed by atoms with Crippen molar-refractivity contribution in [3.8, 4) is 0 Å². The molecule has 0 aromatic heterocycles. The van der Waals surface area contributed by atoms with Crippen molar-refractivity contribution in [3.05, 3.63) is 34.9 Å². The zero-order valence-corrected chi connectivity index (χ0v) is 15.6. The van der Waals surface area contributed by atoms with Crippen molar-refractivity contribution in [2.45, 2.75) is 31.1 Å². The Morgan fingerprint density at radius 1 is 1.27 bits per heavy atom. The summed E-state index contributed by atoms with van der Waals surface area (Å²) >= 11 is 7.49. The van der Waals surface area contributed by atoms with Gasteiger partial charge in [-0.25, -0.2) is 0 Å². The van der Waals surface area contributed by atoms with Crippen LogP contribution < -0.4 is 5.32 Å². The molecule has 3 rings (SSSR count). The normalized spacial score (nSPS) is 19.2. The Hall–Kier alpha value is -0.520. The van der Waals surface area contributed by atoms with Crippen LogP contribution in [0.2, 0.25) is 5.02 Å². The Morgan fingerprint density at radius 2 is 2.00 bits per heavy atom. The van der Waals surface area contributed by atoms with Crippen LogP contribution in [-0.2, 0) is 10.2 Å². The first kappa shape index (κ1) is 17.8. The van der Waals surface area contributed by atoms with Gasteiger partial charge in [-0.05, 0) is 37.0 Å². The van der Waals surface area contributed by atoms with E-state index in [1.54, 1.807) is 11.8 Å². The SMILES string of the molecule is Br.O=C(CSC1=NCCCN1)C1(c2ccc(Cl)cc2)CCC1. The van der Waals surface area contributed by atoms with Gasteiger partial charge in [0.1, 0.15) is 0 Å². The summed E-state index contributed by atoms with van der Waals surface area (Å²) in [5.74, 6) is 0.810. The van der Waals surface area contributed by atoms with Gasteiger partial charge >= 0.3 is 0 Å². The van der Waals surface area contributed by atoms with Crippen molar-refractivity contribution >= 4 is 51.3 Å². The van der Waals surface area contributed by atoms with Crippen LogP contribution in [0.1, 0.15) is 31.2 Å². The van der Waals surface area contributed by atoms with Gasteiger partial charge in [-0.3, -0.25) is 9.79 Å². The van der Waals surface area contributed by atoms with E-state index in [0.717, 1.165) is 54.5 Å². The summed E-state index contributed by atoms with van der Waals surface area (Å²) < 4.78 is 0. The molecule has 1 heterocycles. The summed E-state index contributed by atoms with van der Waals surface area (Å²) in [5, 5.41) is 4.89. The summed E-state index contributed by atoms with van der Waals surface area (Å²) in [5.41, 5.74) is 0.828. The van der Waals surface area contributed by atoms with E-state index in [4.69, 9.17) is 11.6 Å². The maximum atomic E-state index is 12.7. The number of hydrogen-bond acceptors (Lipinski definition) is 4. The number of nitrogens with zero attached hydrogens (tertiary/aromatic N) is 1. The fourth-order valence-corrected chi connectivity index (χ4v) is 3.96. The Kier molecular flexibility index (Phi) is 6.36. The second-order valence-corrected chi connectivity index (χ2v) is 7.02. The molecule has 0 atom stereocenters. The number of benzene rings is 1. The van der Waals surface area contributed by atoms with Crippen molar-refractivity contribution in [3.63, 3.8) is 0 Å². The zero-order valence-electron chi connectivity index (χ0n) is 12.3. The first-order valence-corrected chi connectivity index (χ1v) is 8.77. The van der Waals surface area contributed by atoms with Crippen LogP contribution in [-0.4, -0.2) is 29.8 Å². The lowest BCUT2D eigenvalue weighted by Crippen LogP contribution is -2.44. The number of rotatable bonds is 4. The van der Waals surface area contributed by atoms with E-state index in [-0.39, 0.29) is 22.4 Å². The van der Waals surface area contributed by atoms with Crippen LogP contribution in [0.5, 0.6) is 0 Å². The summed E-state index contributed by atoms with van der Waals surface area (Å²) in [6.07, 6.45) is 4.10. The number of carbonyl (C=O) groups excluding carboxylic acids is 1. The highest BCUT2D eigenvalue weighted by molar-refractivity contribution is 8.93. The van der Waals surface area contributed by atoms with E-state index < -0.39 is 0 Å². The summed E-state index contributed by atoms with van der Waals surface area (Å²) in [4.78, 5) is 17.1. The molecule has 1 N–H and O–H groups in total. The fraction of sp³-hybridized carbons (Fsp3) is 0.500. The van der Waals surface area contributed by atoms with Gasteiger partial charge < -0.3 is 5.32 Å². The van der Waals surface area contributed by atoms with Crippen LogP contribution in [0.4, 0.5) is 0 Å². The monoisotopic (exact) mass is 402 g/mol. The average molecular weight is 404 g/mol. The first-order chi connectivity index (χ1) is 10.2. The molecule has 120 valence electrons.